The van der Waals surface area contributed by atoms with Gasteiger partial charge >= 0.3 is 0 Å². The SMILES string of the molecule is CN(C)CCOCCNCc1ncnn1C. The Hall–Kier alpha value is -0.980. The van der Waals surface area contributed by atoms with E-state index in [1.165, 1.54) is 0 Å². The monoisotopic (exact) mass is 227 g/mol. The van der Waals surface area contributed by atoms with Gasteiger partial charge in [0.15, 0.2) is 0 Å². The predicted octanol–water partition coefficient (Wildman–Crippen LogP) is -0.517. The van der Waals surface area contributed by atoms with Crippen LogP contribution < -0.4 is 5.32 Å². The number of nitrogens with zero attached hydrogens (tertiary/aromatic N) is 4. The molecule has 1 aromatic heterocycles. The lowest BCUT2D eigenvalue weighted by Crippen LogP contribution is -2.24. The second kappa shape index (κ2) is 7.32. The summed E-state index contributed by atoms with van der Waals surface area (Å²) in [7, 11) is 5.96. The Balaban J connectivity index is 1.94. The van der Waals surface area contributed by atoms with Gasteiger partial charge in [-0.05, 0) is 14.1 Å². The molecule has 1 rings (SSSR count). The van der Waals surface area contributed by atoms with Gasteiger partial charge in [-0.2, -0.15) is 5.10 Å². The summed E-state index contributed by atoms with van der Waals surface area (Å²) < 4.78 is 7.21. The van der Waals surface area contributed by atoms with Gasteiger partial charge in [0.2, 0.25) is 0 Å². The zero-order valence-corrected chi connectivity index (χ0v) is 10.3. The molecule has 0 aliphatic carbocycles. The van der Waals surface area contributed by atoms with Crippen LogP contribution in [0.25, 0.3) is 0 Å². The molecule has 0 atom stereocenters. The topological polar surface area (TPSA) is 55.2 Å². The van der Waals surface area contributed by atoms with Crippen molar-refractivity contribution in [1.29, 1.82) is 0 Å². The molecule has 1 aromatic rings. The summed E-state index contributed by atoms with van der Waals surface area (Å²) >= 11 is 0. The molecule has 0 radical (unpaired) electrons. The van der Waals surface area contributed by atoms with E-state index in [1.807, 2.05) is 21.1 Å². The summed E-state index contributed by atoms with van der Waals surface area (Å²) in [5.41, 5.74) is 0. The smallest absolute Gasteiger partial charge is 0.140 e. The molecule has 0 bridgehead atoms. The molecule has 6 nitrogen and oxygen atoms in total. The van der Waals surface area contributed by atoms with Crippen molar-refractivity contribution in [3.63, 3.8) is 0 Å². The van der Waals surface area contributed by atoms with Gasteiger partial charge in [-0.3, -0.25) is 4.68 Å². The van der Waals surface area contributed by atoms with E-state index >= 15 is 0 Å². The predicted molar refractivity (Wildman–Crippen MR) is 62.1 cm³/mol. The summed E-state index contributed by atoms with van der Waals surface area (Å²) in [6.45, 7) is 4.03. The first-order chi connectivity index (χ1) is 7.70. The van der Waals surface area contributed by atoms with Crippen molar-refractivity contribution in [1.82, 2.24) is 25.0 Å². The summed E-state index contributed by atoms with van der Waals surface area (Å²) in [5.74, 6) is 0.938. The fourth-order valence-electron chi connectivity index (χ4n) is 1.17. The van der Waals surface area contributed by atoms with Crippen molar-refractivity contribution in [2.45, 2.75) is 6.54 Å². The largest absolute Gasteiger partial charge is 0.379 e. The number of aromatic nitrogens is 3. The van der Waals surface area contributed by atoms with Crippen LogP contribution >= 0.6 is 0 Å². The molecule has 1 heterocycles. The second-order valence-electron chi connectivity index (χ2n) is 3.89. The minimum Gasteiger partial charge on any atom is -0.379 e. The first-order valence-corrected chi connectivity index (χ1v) is 5.46. The number of hydrogen-bond acceptors (Lipinski definition) is 5. The molecule has 0 aliphatic rings. The van der Waals surface area contributed by atoms with E-state index in [-0.39, 0.29) is 0 Å². The fourth-order valence-corrected chi connectivity index (χ4v) is 1.17. The number of aryl methyl sites for hydroxylation is 1. The van der Waals surface area contributed by atoms with Crippen LogP contribution in [0.3, 0.4) is 0 Å². The molecular formula is C10H21N5O. The highest BCUT2D eigenvalue weighted by Gasteiger charge is 1.98. The lowest BCUT2D eigenvalue weighted by atomic mass is 10.5. The lowest BCUT2D eigenvalue weighted by Gasteiger charge is -2.10. The Morgan fingerprint density at radius 1 is 1.44 bits per heavy atom. The Labute approximate surface area is 96.6 Å². The van der Waals surface area contributed by atoms with Gasteiger partial charge in [-0.1, -0.05) is 0 Å². The van der Waals surface area contributed by atoms with Crippen LogP contribution in [-0.2, 0) is 18.3 Å². The summed E-state index contributed by atoms with van der Waals surface area (Å²) in [5, 5.41) is 7.25. The van der Waals surface area contributed by atoms with Crippen LogP contribution in [0.5, 0.6) is 0 Å². The normalized spacial score (nSPS) is 11.2. The molecule has 0 fully saturated rings. The van der Waals surface area contributed by atoms with Crippen molar-refractivity contribution in [3.05, 3.63) is 12.2 Å². The van der Waals surface area contributed by atoms with Crippen LogP contribution in [-0.4, -0.2) is 60.1 Å². The average molecular weight is 227 g/mol. The van der Waals surface area contributed by atoms with E-state index in [9.17, 15) is 0 Å². The van der Waals surface area contributed by atoms with Crippen LogP contribution in [0.2, 0.25) is 0 Å². The first kappa shape index (κ1) is 13.1. The van der Waals surface area contributed by atoms with E-state index < -0.39 is 0 Å². The summed E-state index contributed by atoms with van der Waals surface area (Å²) in [6, 6.07) is 0. The van der Waals surface area contributed by atoms with Gasteiger partial charge in [0.05, 0.1) is 19.8 Å². The minimum atomic E-state index is 0.728. The van der Waals surface area contributed by atoms with Crippen molar-refractivity contribution in [2.75, 3.05) is 40.4 Å². The van der Waals surface area contributed by atoms with Crippen molar-refractivity contribution in [3.8, 4) is 0 Å². The van der Waals surface area contributed by atoms with E-state index in [0.29, 0.717) is 0 Å². The Kier molecular flexibility index (Phi) is 5.99. The van der Waals surface area contributed by atoms with Crippen LogP contribution in [0.1, 0.15) is 5.82 Å². The van der Waals surface area contributed by atoms with E-state index in [1.54, 1.807) is 11.0 Å². The maximum absolute atomic E-state index is 5.45. The van der Waals surface area contributed by atoms with Crippen molar-refractivity contribution < 1.29 is 4.74 Å². The molecule has 0 saturated carbocycles. The van der Waals surface area contributed by atoms with Crippen LogP contribution in [0, 0.1) is 0 Å². The van der Waals surface area contributed by atoms with E-state index in [4.69, 9.17) is 4.74 Å². The van der Waals surface area contributed by atoms with Crippen molar-refractivity contribution >= 4 is 0 Å². The average Bonchev–Trinajstić information content (AvgIpc) is 2.62. The van der Waals surface area contributed by atoms with Crippen molar-refractivity contribution in [2.24, 2.45) is 7.05 Å². The van der Waals surface area contributed by atoms with E-state index in [0.717, 1.165) is 38.7 Å². The maximum Gasteiger partial charge on any atom is 0.140 e. The standard InChI is InChI=1S/C10H21N5O/c1-14(2)5-7-16-6-4-11-8-10-12-9-13-15(10)3/h9,11H,4-8H2,1-3H3. The Morgan fingerprint density at radius 2 is 2.25 bits per heavy atom. The molecule has 0 spiro atoms. The molecule has 16 heavy (non-hydrogen) atoms. The first-order valence-electron chi connectivity index (χ1n) is 5.46. The summed E-state index contributed by atoms with van der Waals surface area (Å²) in [4.78, 5) is 6.22. The zero-order valence-electron chi connectivity index (χ0n) is 10.3. The highest BCUT2D eigenvalue weighted by molar-refractivity contribution is 4.81. The maximum atomic E-state index is 5.45. The van der Waals surface area contributed by atoms with Gasteiger partial charge < -0.3 is 15.0 Å². The third kappa shape index (κ3) is 5.20. The minimum absolute atomic E-state index is 0.728. The van der Waals surface area contributed by atoms with Gasteiger partial charge in [0.25, 0.3) is 0 Å². The van der Waals surface area contributed by atoms with E-state index in [2.05, 4.69) is 20.3 Å². The molecular weight excluding hydrogens is 206 g/mol. The molecule has 0 unspecified atom stereocenters. The number of ether oxygens (including phenoxy) is 1. The number of rotatable bonds is 8. The third-order valence-corrected chi connectivity index (χ3v) is 2.19. The number of nitrogens with one attached hydrogen (secondary N) is 1. The van der Waals surface area contributed by atoms with Gasteiger partial charge in [-0.25, -0.2) is 4.98 Å². The highest BCUT2D eigenvalue weighted by atomic mass is 16.5. The van der Waals surface area contributed by atoms with Gasteiger partial charge in [0.1, 0.15) is 12.2 Å². The van der Waals surface area contributed by atoms with Gasteiger partial charge in [0, 0.05) is 20.1 Å². The molecule has 92 valence electrons. The summed E-state index contributed by atoms with van der Waals surface area (Å²) in [6.07, 6.45) is 1.56. The number of likely N-dealkylation sites (N-methyl/N-ethyl adjacent to an activating group) is 1. The lowest BCUT2D eigenvalue weighted by molar-refractivity contribution is 0.119. The fraction of sp³-hybridized carbons (Fsp3) is 0.800. The quantitative estimate of drug-likeness (QED) is 0.606. The zero-order chi connectivity index (χ0) is 11.8. The molecule has 6 heteroatoms. The van der Waals surface area contributed by atoms with Crippen LogP contribution in [0.15, 0.2) is 6.33 Å². The van der Waals surface area contributed by atoms with Crippen LogP contribution in [0.4, 0.5) is 0 Å². The molecule has 1 N–H and O–H groups in total. The highest BCUT2D eigenvalue weighted by Crippen LogP contribution is 1.88. The third-order valence-electron chi connectivity index (χ3n) is 2.19. The molecule has 0 aliphatic heterocycles. The van der Waals surface area contributed by atoms with Gasteiger partial charge in [-0.15, -0.1) is 0 Å². The number of hydrogen-bond donors (Lipinski definition) is 1. The second-order valence-corrected chi connectivity index (χ2v) is 3.89. The molecule has 0 saturated heterocycles. The Morgan fingerprint density at radius 3 is 2.88 bits per heavy atom. The molecule has 0 aromatic carbocycles. The Bertz CT molecular complexity index is 286. The molecule has 0 amide bonds.